The Morgan fingerprint density at radius 3 is 2.49 bits per heavy atom. The molecule has 224 valence electrons. The molecule has 3 aromatic heterocycles. The number of carbonyl (C=O) groups is 1. The van der Waals surface area contributed by atoms with E-state index >= 15 is 0 Å². The first-order valence-electron chi connectivity index (χ1n) is 13.5. The quantitative estimate of drug-likeness (QED) is 0.258. The summed E-state index contributed by atoms with van der Waals surface area (Å²) in [5.41, 5.74) is 3.07. The van der Waals surface area contributed by atoms with Gasteiger partial charge in [-0.1, -0.05) is 37.6 Å². The van der Waals surface area contributed by atoms with Gasteiger partial charge in [-0.3, -0.25) is 4.79 Å². The van der Waals surface area contributed by atoms with Crippen molar-refractivity contribution in [2.45, 2.75) is 32.7 Å². The number of benzene rings is 1. The van der Waals surface area contributed by atoms with Crippen molar-refractivity contribution in [3.8, 4) is 17.6 Å². The van der Waals surface area contributed by atoms with Crippen molar-refractivity contribution in [2.24, 2.45) is 7.05 Å². The van der Waals surface area contributed by atoms with Crippen LogP contribution in [0.2, 0.25) is 5.02 Å². The Bertz CT molecular complexity index is 1710. The maximum Gasteiger partial charge on any atom is 0.359 e. The van der Waals surface area contributed by atoms with Gasteiger partial charge in [-0.2, -0.15) is 15.3 Å². The number of aryl methyl sites for hydroxylation is 1. The van der Waals surface area contributed by atoms with Gasteiger partial charge in [0.1, 0.15) is 10.7 Å². The SMILES string of the molecule is CCOC(=O)c1nn(-c2cnc(N(C)C)nc2OC)c(C(C)C)c1C(Nc1cc(Cl)c(=O)n(C)c1)c1ccc(C#N)cc1. The van der Waals surface area contributed by atoms with Crippen molar-refractivity contribution in [3.63, 3.8) is 0 Å². The molecule has 4 aromatic rings. The number of methoxy groups -OCH3 is 1. The van der Waals surface area contributed by atoms with Crippen molar-refractivity contribution in [3.05, 3.63) is 86.2 Å². The normalized spacial score (nSPS) is 11.6. The molecule has 3 heterocycles. The van der Waals surface area contributed by atoms with E-state index in [1.54, 1.807) is 60.2 Å². The van der Waals surface area contributed by atoms with Gasteiger partial charge in [-0.15, -0.1) is 0 Å². The fourth-order valence-corrected chi connectivity index (χ4v) is 4.92. The number of carbonyl (C=O) groups excluding carboxylic acids is 1. The molecule has 0 aliphatic carbocycles. The zero-order valence-electron chi connectivity index (χ0n) is 25.0. The molecule has 0 fully saturated rings. The summed E-state index contributed by atoms with van der Waals surface area (Å²) in [5.74, 6) is -0.0941. The Labute approximate surface area is 254 Å². The molecule has 0 aliphatic rings. The highest BCUT2D eigenvalue weighted by Crippen LogP contribution is 2.38. The summed E-state index contributed by atoms with van der Waals surface area (Å²) in [6.45, 7) is 5.81. The molecule has 1 N–H and O–H groups in total. The van der Waals surface area contributed by atoms with E-state index in [2.05, 4.69) is 21.4 Å². The molecule has 1 atom stereocenters. The number of pyridine rings is 1. The van der Waals surface area contributed by atoms with Crippen LogP contribution in [0.4, 0.5) is 11.6 Å². The number of ether oxygens (including phenoxy) is 2. The van der Waals surface area contributed by atoms with E-state index in [0.717, 1.165) is 5.56 Å². The van der Waals surface area contributed by atoms with Crippen molar-refractivity contribution >= 4 is 29.2 Å². The fourth-order valence-electron chi connectivity index (χ4n) is 4.67. The topological polar surface area (TPSA) is 140 Å². The van der Waals surface area contributed by atoms with Gasteiger partial charge in [-0.05, 0) is 36.6 Å². The first-order chi connectivity index (χ1) is 20.5. The van der Waals surface area contributed by atoms with Crippen LogP contribution in [0.25, 0.3) is 5.69 Å². The number of aromatic nitrogens is 5. The van der Waals surface area contributed by atoms with E-state index in [9.17, 15) is 14.9 Å². The van der Waals surface area contributed by atoms with Gasteiger partial charge in [0, 0.05) is 32.9 Å². The van der Waals surface area contributed by atoms with Crippen LogP contribution in [-0.2, 0) is 11.8 Å². The maximum atomic E-state index is 13.5. The minimum atomic E-state index is -0.695. The second-order valence-corrected chi connectivity index (χ2v) is 10.6. The predicted molar refractivity (Wildman–Crippen MR) is 163 cm³/mol. The van der Waals surface area contributed by atoms with Crippen LogP contribution in [-0.4, -0.2) is 58.1 Å². The summed E-state index contributed by atoms with van der Waals surface area (Å²) in [4.78, 5) is 36.6. The van der Waals surface area contributed by atoms with Crippen molar-refractivity contribution in [2.75, 3.05) is 38.0 Å². The van der Waals surface area contributed by atoms with Gasteiger partial charge >= 0.3 is 5.97 Å². The number of nitrogens with one attached hydrogen (secondary N) is 1. The molecule has 0 saturated heterocycles. The largest absolute Gasteiger partial charge is 0.479 e. The summed E-state index contributed by atoms with van der Waals surface area (Å²) in [6, 6.07) is 9.95. The van der Waals surface area contributed by atoms with Crippen LogP contribution >= 0.6 is 11.6 Å². The molecule has 1 aromatic carbocycles. The molecule has 12 nitrogen and oxygen atoms in total. The number of rotatable bonds is 10. The van der Waals surface area contributed by atoms with Gasteiger partial charge in [-0.25, -0.2) is 14.5 Å². The summed E-state index contributed by atoms with van der Waals surface area (Å²) in [6.07, 6.45) is 3.21. The van der Waals surface area contributed by atoms with Crippen LogP contribution < -0.4 is 20.5 Å². The number of hydrogen-bond acceptors (Lipinski definition) is 10. The molecule has 0 aliphatic heterocycles. The molecule has 43 heavy (non-hydrogen) atoms. The van der Waals surface area contributed by atoms with Crippen LogP contribution in [0.5, 0.6) is 5.88 Å². The third-order valence-electron chi connectivity index (χ3n) is 6.63. The molecule has 13 heteroatoms. The monoisotopic (exact) mass is 604 g/mol. The van der Waals surface area contributed by atoms with Crippen molar-refractivity contribution in [1.29, 1.82) is 5.26 Å². The third-order valence-corrected chi connectivity index (χ3v) is 6.90. The third kappa shape index (κ3) is 6.32. The molecule has 0 amide bonds. The zero-order chi connectivity index (χ0) is 31.4. The van der Waals surface area contributed by atoms with Gasteiger partial charge in [0.2, 0.25) is 11.8 Å². The first-order valence-corrected chi connectivity index (χ1v) is 13.9. The Morgan fingerprint density at radius 2 is 1.93 bits per heavy atom. The highest BCUT2D eigenvalue weighted by molar-refractivity contribution is 6.30. The van der Waals surface area contributed by atoms with E-state index in [1.165, 1.54) is 17.7 Å². The average Bonchev–Trinajstić information content (AvgIpc) is 3.39. The molecule has 0 bridgehead atoms. The lowest BCUT2D eigenvalue weighted by atomic mass is 9.91. The Hall–Kier alpha value is -4.89. The van der Waals surface area contributed by atoms with Gasteiger partial charge in [0.15, 0.2) is 5.69 Å². The second kappa shape index (κ2) is 13.0. The van der Waals surface area contributed by atoms with E-state index in [1.807, 2.05) is 27.9 Å². The van der Waals surface area contributed by atoms with Crippen LogP contribution in [0.15, 0.2) is 47.5 Å². The van der Waals surface area contributed by atoms with Crippen molar-refractivity contribution in [1.82, 2.24) is 24.3 Å². The maximum absolute atomic E-state index is 13.5. The summed E-state index contributed by atoms with van der Waals surface area (Å²) >= 11 is 6.26. The molecule has 0 radical (unpaired) electrons. The molecule has 0 spiro atoms. The minimum absolute atomic E-state index is 0.0272. The molecule has 4 rings (SSSR count). The van der Waals surface area contributed by atoms with E-state index in [0.29, 0.717) is 34.1 Å². The average molecular weight is 605 g/mol. The highest BCUT2D eigenvalue weighted by atomic mass is 35.5. The molecule has 1 unspecified atom stereocenters. The van der Waals surface area contributed by atoms with Crippen LogP contribution in [0.1, 0.15) is 65.6 Å². The first kappa shape index (κ1) is 31.1. The summed E-state index contributed by atoms with van der Waals surface area (Å²) in [5, 5.41) is 17.7. The lowest BCUT2D eigenvalue weighted by Crippen LogP contribution is -2.21. The molecular weight excluding hydrogens is 572 g/mol. The standard InChI is InChI=1S/C30H33ClN8O4/c1-8-43-29(41)25-23(26(17(2)3)39(36-25)22-15-33-30(37(4)5)35-27(22)42-7)24(19-11-9-18(14-32)10-12-19)34-20-13-21(31)28(40)38(6)16-20/h9-13,15-17,24,34H,8H2,1-7H3. The predicted octanol–water partition coefficient (Wildman–Crippen LogP) is 4.46. The number of hydrogen-bond donors (Lipinski definition) is 1. The Morgan fingerprint density at radius 1 is 1.23 bits per heavy atom. The number of anilines is 2. The molecule has 0 saturated carbocycles. The highest BCUT2D eigenvalue weighted by Gasteiger charge is 2.34. The zero-order valence-corrected chi connectivity index (χ0v) is 25.8. The number of nitrogens with zero attached hydrogens (tertiary/aromatic N) is 7. The smallest absolute Gasteiger partial charge is 0.359 e. The number of nitriles is 1. The summed E-state index contributed by atoms with van der Waals surface area (Å²) < 4.78 is 14.1. The lowest BCUT2D eigenvalue weighted by Gasteiger charge is -2.24. The van der Waals surface area contributed by atoms with Gasteiger partial charge < -0.3 is 24.3 Å². The van der Waals surface area contributed by atoms with E-state index in [4.69, 9.17) is 26.2 Å². The number of halogens is 1. The van der Waals surface area contributed by atoms with E-state index in [-0.39, 0.29) is 34.7 Å². The Kier molecular flexibility index (Phi) is 9.36. The number of esters is 1. The fraction of sp³-hybridized carbons (Fsp3) is 0.333. The molecular formula is C30H33ClN8O4. The van der Waals surface area contributed by atoms with Gasteiger partial charge in [0.05, 0.1) is 49.0 Å². The van der Waals surface area contributed by atoms with E-state index < -0.39 is 12.0 Å². The Balaban J connectivity index is 2.06. The van der Waals surface area contributed by atoms with Gasteiger partial charge in [0.25, 0.3) is 5.56 Å². The van der Waals surface area contributed by atoms with Crippen molar-refractivity contribution < 1.29 is 14.3 Å². The minimum Gasteiger partial charge on any atom is -0.479 e. The van der Waals surface area contributed by atoms with Crippen LogP contribution in [0.3, 0.4) is 0 Å². The summed E-state index contributed by atoms with van der Waals surface area (Å²) in [7, 11) is 6.74. The van der Waals surface area contributed by atoms with Crippen LogP contribution in [0, 0.1) is 11.3 Å². The second-order valence-electron chi connectivity index (χ2n) is 10.2. The lowest BCUT2D eigenvalue weighted by molar-refractivity contribution is 0.0517.